The van der Waals surface area contributed by atoms with Gasteiger partial charge in [-0.25, -0.2) is 9.59 Å². The second-order valence-electron chi connectivity index (χ2n) is 5.13. The van der Waals surface area contributed by atoms with Crippen molar-refractivity contribution in [2.75, 3.05) is 0 Å². The van der Waals surface area contributed by atoms with E-state index in [1.165, 1.54) is 0 Å². The second kappa shape index (κ2) is 6.89. The number of carboxylic acids is 2. The van der Waals surface area contributed by atoms with Crippen LogP contribution in [0.15, 0.2) is 48.5 Å². The molecule has 2 N–H and O–H groups in total. The van der Waals surface area contributed by atoms with Gasteiger partial charge in [-0.1, -0.05) is 49.7 Å². The van der Waals surface area contributed by atoms with E-state index < -0.39 is 11.9 Å². The van der Waals surface area contributed by atoms with Crippen molar-refractivity contribution in [2.45, 2.75) is 25.7 Å². The third-order valence-electron chi connectivity index (χ3n) is 3.71. The van der Waals surface area contributed by atoms with Crippen molar-refractivity contribution in [3.8, 4) is 0 Å². The molecule has 0 heterocycles. The van der Waals surface area contributed by atoms with Crippen LogP contribution in [0.3, 0.4) is 0 Å². The molecule has 0 saturated heterocycles. The molecule has 2 rings (SSSR count). The lowest BCUT2D eigenvalue weighted by atomic mass is 9.83. The number of benzene rings is 2. The van der Waals surface area contributed by atoms with Crippen LogP contribution in [0.1, 0.15) is 57.5 Å². The number of carboxylic acid groups (broad SMARTS) is 2. The Hall–Kier alpha value is -2.62. The van der Waals surface area contributed by atoms with Gasteiger partial charge in [-0.15, -0.1) is 0 Å². The average Bonchev–Trinajstić information content (AvgIpc) is 2.52. The molecule has 114 valence electrons. The Morgan fingerprint density at radius 3 is 1.64 bits per heavy atom. The van der Waals surface area contributed by atoms with E-state index in [2.05, 4.69) is 0 Å². The van der Waals surface area contributed by atoms with Crippen molar-refractivity contribution in [3.05, 3.63) is 70.8 Å². The molecule has 4 nitrogen and oxygen atoms in total. The van der Waals surface area contributed by atoms with Crippen LogP contribution in [0.4, 0.5) is 0 Å². The molecule has 22 heavy (non-hydrogen) atoms. The first kappa shape index (κ1) is 15.8. The molecule has 0 radical (unpaired) electrons. The summed E-state index contributed by atoms with van der Waals surface area (Å²) >= 11 is 0. The Bertz CT molecular complexity index is 633. The normalized spacial score (nSPS) is 10.6. The zero-order chi connectivity index (χ0) is 16.1. The first-order chi connectivity index (χ1) is 10.6. The summed E-state index contributed by atoms with van der Waals surface area (Å²) in [4.78, 5) is 22.9. The predicted molar refractivity (Wildman–Crippen MR) is 83.6 cm³/mol. The van der Waals surface area contributed by atoms with E-state index in [0.29, 0.717) is 17.5 Å². The summed E-state index contributed by atoms with van der Waals surface area (Å²) in [7, 11) is 0. The number of rotatable bonds is 6. The lowest BCUT2D eigenvalue weighted by molar-refractivity contribution is 0.0686. The predicted octanol–water partition coefficient (Wildman–Crippen LogP) is 4.02. The third kappa shape index (κ3) is 3.17. The number of carbonyl (C=O) groups is 2. The first-order valence-electron chi connectivity index (χ1n) is 7.20. The maximum absolute atomic E-state index is 11.5. The van der Waals surface area contributed by atoms with E-state index in [1.807, 2.05) is 6.92 Å². The minimum absolute atomic E-state index is 0.223. The molecule has 0 aliphatic rings. The smallest absolute Gasteiger partial charge is 0.335 e. The average molecular weight is 298 g/mol. The first-order valence-corrected chi connectivity index (χ1v) is 7.20. The summed E-state index contributed by atoms with van der Waals surface area (Å²) in [6.07, 6.45) is 1.52. The van der Waals surface area contributed by atoms with E-state index >= 15 is 0 Å². The fourth-order valence-electron chi connectivity index (χ4n) is 2.76. The lowest BCUT2D eigenvalue weighted by Crippen LogP contribution is -2.12. The van der Waals surface area contributed by atoms with Crippen molar-refractivity contribution in [1.82, 2.24) is 0 Å². The Morgan fingerprint density at radius 1 is 0.864 bits per heavy atom. The minimum atomic E-state index is -0.996. The van der Waals surface area contributed by atoms with Gasteiger partial charge < -0.3 is 10.2 Å². The number of hydrogen-bond acceptors (Lipinski definition) is 2. The van der Waals surface area contributed by atoms with E-state index in [9.17, 15) is 19.8 Å². The third-order valence-corrected chi connectivity index (χ3v) is 3.71. The monoisotopic (exact) mass is 298 g/mol. The molecular formula is C18H18O4. The van der Waals surface area contributed by atoms with Gasteiger partial charge in [-0.2, -0.15) is 0 Å². The molecule has 0 saturated carbocycles. The Morgan fingerprint density at radius 2 is 1.27 bits per heavy atom. The molecule has 0 aromatic heterocycles. The largest absolute Gasteiger partial charge is 0.478 e. The summed E-state index contributed by atoms with van der Waals surface area (Å²) in [6.45, 7) is 2.00. The van der Waals surface area contributed by atoms with Crippen molar-refractivity contribution >= 4 is 11.9 Å². The summed E-state index contributed by atoms with van der Waals surface area (Å²) in [5.74, 6) is -2.24. The van der Waals surface area contributed by atoms with Gasteiger partial charge in [-0.3, -0.25) is 0 Å². The van der Waals surface area contributed by atoms with Crippen molar-refractivity contribution in [1.29, 1.82) is 0 Å². The summed E-state index contributed by atoms with van der Waals surface area (Å²) in [6, 6.07) is 13.6. The topological polar surface area (TPSA) is 74.6 Å². The van der Waals surface area contributed by atoms with E-state index in [1.54, 1.807) is 48.5 Å². The molecule has 0 atom stereocenters. The van der Waals surface area contributed by atoms with Gasteiger partial charge in [0.15, 0.2) is 0 Å². The Balaban J connectivity index is 2.62. The summed E-state index contributed by atoms with van der Waals surface area (Å²) < 4.78 is 0. The molecule has 0 amide bonds. The molecule has 0 aliphatic carbocycles. The maximum Gasteiger partial charge on any atom is 0.335 e. The van der Waals surface area contributed by atoms with Gasteiger partial charge in [0.05, 0.1) is 11.1 Å². The lowest BCUT2D eigenvalue weighted by Gasteiger charge is -2.21. The van der Waals surface area contributed by atoms with Crippen LogP contribution in [0, 0.1) is 0 Å². The standard InChI is InChI=1S/C18H18O4/c1-2-7-12(13-8-3-5-10-15(13)17(19)20)14-9-4-6-11-16(14)18(21)22/h3-6,8-12H,2,7H2,1H3,(H,19,20)(H,21,22). The molecule has 0 unspecified atom stereocenters. The zero-order valence-electron chi connectivity index (χ0n) is 12.3. The fraction of sp³-hybridized carbons (Fsp3) is 0.222. The SMILES string of the molecule is CCCC(c1ccccc1C(=O)O)c1ccccc1C(=O)O. The zero-order valence-corrected chi connectivity index (χ0v) is 12.3. The van der Waals surface area contributed by atoms with Crippen LogP contribution >= 0.6 is 0 Å². The Labute approximate surface area is 129 Å². The minimum Gasteiger partial charge on any atom is -0.478 e. The highest BCUT2D eigenvalue weighted by Crippen LogP contribution is 2.33. The van der Waals surface area contributed by atoms with Crippen molar-refractivity contribution in [3.63, 3.8) is 0 Å². The quantitative estimate of drug-likeness (QED) is 0.844. The number of aromatic carboxylic acids is 2. The molecule has 2 aromatic carbocycles. The Kier molecular flexibility index (Phi) is 4.94. The molecular weight excluding hydrogens is 280 g/mol. The van der Waals surface area contributed by atoms with Gasteiger partial charge >= 0.3 is 11.9 Å². The molecule has 2 aromatic rings. The van der Waals surface area contributed by atoms with Gasteiger partial charge in [0, 0.05) is 5.92 Å². The van der Waals surface area contributed by atoms with Crippen LogP contribution in [-0.2, 0) is 0 Å². The summed E-state index contributed by atoms with van der Waals surface area (Å²) in [5, 5.41) is 18.8. The van der Waals surface area contributed by atoms with Crippen LogP contribution in [0.2, 0.25) is 0 Å². The van der Waals surface area contributed by atoms with E-state index in [4.69, 9.17) is 0 Å². The van der Waals surface area contributed by atoms with Gasteiger partial charge in [0.1, 0.15) is 0 Å². The number of hydrogen-bond donors (Lipinski definition) is 2. The van der Waals surface area contributed by atoms with Gasteiger partial charge in [0.2, 0.25) is 0 Å². The molecule has 0 bridgehead atoms. The van der Waals surface area contributed by atoms with Crippen molar-refractivity contribution in [2.24, 2.45) is 0 Å². The van der Waals surface area contributed by atoms with Crippen molar-refractivity contribution < 1.29 is 19.8 Å². The van der Waals surface area contributed by atoms with Crippen LogP contribution in [0.25, 0.3) is 0 Å². The van der Waals surface area contributed by atoms with E-state index in [-0.39, 0.29) is 17.0 Å². The van der Waals surface area contributed by atoms with Crippen LogP contribution in [-0.4, -0.2) is 22.2 Å². The van der Waals surface area contributed by atoms with E-state index in [0.717, 1.165) is 6.42 Å². The molecule has 0 aliphatic heterocycles. The highest BCUT2D eigenvalue weighted by molar-refractivity contribution is 5.91. The molecule has 4 heteroatoms. The highest BCUT2D eigenvalue weighted by atomic mass is 16.4. The van der Waals surface area contributed by atoms with Gasteiger partial charge in [-0.05, 0) is 29.7 Å². The second-order valence-corrected chi connectivity index (χ2v) is 5.13. The highest BCUT2D eigenvalue weighted by Gasteiger charge is 2.23. The van der Waals surface area contributed by atoms with Gasteiger partial charge in [0.25, 0.3) is 0 Å². The molecule has 0 fully saturated rings. The van der Waals surface area contributed by atoms with Crippen LogP contribution in [0.5, 0.6) is 0 Å². The molecule has 0 spiro atoms. The maximum atomic E-state index is 11.5. The fourth-order valence-corrected chi connectivity index (χ4v) is 2.76. The summed E-state index contributed by atoms with van der Waals surface area (Å²) in [5.41, 5.74) is 1.76. The van der Waals surface area contributed by atoms with Crippen LogP contribution < -0.4 is 0 Å².